The second kappa shape index (κ2) is 19.9. The van der Waals surface area contributed by atoms with E-state index in [1.807, 2.05) is 26.8 Å². The number of carbonyl (C=O) groups is 1. The Morgan fingerprint density at radius 3 is 1.89 bits per heavy atom. The average molecular weight is 641 g/mol. The minimum absolute atomic E-state index is 0.0417. The van der Waals surface area contributed by atoms with Crippen LogP contribution in [-0.4, -0.2) is 16.5 Å². The monoisotopic (exact) mass is 640 g/mol. The summed E-state index contributed by atoms with van der Waals surface area (Å²) in [4.78, 5) is 12.6. The van der Waals surface area contributed by atoms with Gasteiger partial charge in [-0.1, -0.05) is 97.3 Å². The molecule has 0 radical (unpaired) electrons. The van der Waals surface area contributed by atoms with Crippen molar-refractivity contribution >= 4 is 11.5 Å². The molecule has 0 N–H and O–H groups in total. The third-order valence-electron chi connectivity index (χ3n) is 6.20. The predicted octanol–water partition coefficient (Wildman–Crippen LogP) is 12.1. The van der Waals surface area contributed by atoms with Crippen molar-refractivity contribution in [2.75, 3.05) is 0 Å². The van der Waals surface area contributed by atoms with Gasteiger partial charge >= 0.3 is 12.4 Å². The van der Waals surface area contributed by atoms with Gasteiger partial charge < -0.3 is 0 Å². The number of benzene rings is 1. The van der Waals surface area contributed by atoms with E-state index >= 15 is 0 Å². The molecule has 45 heavy (non-hydrogen) atoms. The number of hydrogen-bond donors (Lipinski definition) is 0. The maximum Gasteiger partial charge on any atom is 0.416 e. The first-order chi connectivity index (χ1) is 20.8. The number of hydrogen-bond acceptors (Lipinski definition) is 3. The number of carbonyl (C=O) groups excluding carboxylic acids is 1. The standard InChI is InChI=1S/C28H30F6N2O.2C4H10/c1-6-8-11-21(13-18(3)7-2)25(20(5)37)17-36-12-9-10-19(4)26(35-36)22-14-23(27(29,30)31)16-24(15-22)28(32,33)34;1-4(2)3;1-3-4-2/h6,8-9,11-17,19H,7,10H2,1-5H3;4H,1-3H3;3-4H2,1-2H3/b8-6-,18-13?,21-11+,25-17-;;. The van der Waals surface area contributed by atoms with E-state index in [0.717, 1.165) is 17.9 Å². The molecular formula is C36H50F6N2O. The van der Waals surface area contributed by atoms with E-state index in [9.17, 15) is 31.1 Å². The molecule has 0 saturated carbocycles. The highest BCUT2D eigenvalue weighted by molar-refractivity contribution is 6.03. The van der Waals surface area contributed by atoms with Crippen LogP contribution in [0.2, 0.25) is 0 Å². The van der Waals surface area contributed by atoms with Crippen LogP contribution in [-0.2, 0) is 17.1 Å². The highest BCUT2D eigenvalue weighted by Gasteiger charge is 2.37. The zero-order chi connectivity index (χ0) is 35.0. The van der Waals surface area contributed by atoms with Gasteiger partial charge in [0.2, 0.25) is 0 Å². The van der Waals surface area contributed by atoms with E-state index in [-0.39, 0.29) is 28.7 Å². The van der Waals surface area contributed by atoms with Crippen molar-refractivity contribution in [1.82, 2.24) is 5.01 Å². The van der Waals surface area contributed by atoms with Gasteiger partial charge in [0.1, 0.15) is 0 Å². The van der Waals surface area contributed by atoms with Crippen molar-refractivity contribution in [3.8, 4) is 0 Å². The summed E-state index contributed by atoms with van der Waals surface area (Å²) in [5, 5.41) is 5.66. The Labute approximate surface area is 266 Å². The summed E-state index contributed by atoms with van der Waals surface area (Å²) in [6.45, 7) is 19.6. The molecule has 0 spiro atoms. The van der Waals surface area contributed by atoms with Crippen LogP contribution in [0.15, 0.2) is 82.8 Å². The molecule has 0 aliphatic carbocycles. The molecule has 0 amide bonds. The highest BCUT2D eigenvalue weighted by atomic mass is 19.4. The molecule has 9 heteroatoms. The fraction of sp³-hybridized carbons (Fsp3) is 0.500. The normalized spacial score (nSPS) is 16.6. The SMILES string of the molecule is CC(C)C.CCCC.C\C=C/C=C(C=C(C)CC)/C(=C\N1C=CCC(C)C(c2cc(C(F)(F)F)cc(C(F)(F)F)c2)=N1)C(C)=O. The fourth-order valence-electron chi connectivity index (χ4n) is 3.54. The minimum atomic E-state index is -4.97. The van der Waals surface area contributed by atoms with Crippen molar-refractivity contribution in [2.45, 2.75) is 107 Å². The lowest BCUT2D eigenvalue weighted by molar-refractivity contribution is -0.143. The van der Waals surface area contributed by atoms with E-state index in [4.69, 9.17) is 0 Å². The van der Waals surface area contributed by atoms with Gasteiger partial charge in [-0.05, 0) is 68.9 Å². The summed E-state index contributed by atoms with van der Waals surface area (Å²) in [5.74, 6) is 0.0667. The van der Waals surface area contributed by atoms with Crippen molar-refractivity contribution in [1.29, 1.82) is 0 Å². The second-order valence-electron chi connectivity index (χ2n) is 11.5. The summed E-state index contributed by atoms with van der Waals surface area (Å²) in [5.41, 5.74) is -1.16. The fourth-order valence-corrected chi connectivity index (χ4v) is 3.54. The minimum Gasteiger partial charge on any atom is -0.294 e. The van der Waals surface area contributed by atoms with Gasteiger partial charge in [0.15, 0.2) is 5.78 Å². The van der Waals surface area contributed by atoms with Crippen LogP contribution in [0.4, 0.5) is 26.3 Å². The van der Waals surface area contributed by atoms with Gasteiger partial charge in [-0.25, -0.2) is 5.01 Å². The van der Waals surface area contributed by atoms with Gasteiger partial charge in [0.05, 0.1) is 16.8 Å². The molecule has 1 heterocycles. The molecule has 1 aliphatic heterocycles. The number of rotatable bonds is 8. The first-order valence-electron chi connectivity index (χ1n) is 15.4. The Morgan fingerprint density at radius 2 is 1.49 bits per heavy atom. The van der Waals surface area contributed by atoms with Gasteiger partial charge in [-0.3, -0.25) is 4.79 Å². The molecule has 2 rings (SSSR count). The largest absolute Gasteiger partial charge is 0.416 e. The van der Waals surface area contributed by atoms with Gasteiger partial charge in [-0.2, -0.15) is 31.4 Å². The summed E-state index contributed by atoms with van der Waals surface area (Å²) >= 11 is 0. The molecule has 0 aromatic heterocycles. The summed E-state index contributed by atoms with van der Waals surface area (Å²) < 4.78 is 80.7. The van der Waals surface area contributed by atoms with Crippen LogP contribution in [0, 0.1) is 11.8 Å². The van der Waals surface area contributed by atoms with Crippen LogP contribution < -0.4 is 0 Å². The van der Waals surface area contributed by atoms with Crippen molar-refractivity contribution in [2.24, 2.45) is 16.9 Å². The molecule has 0 fully saturated rings. The molecule has 252 valence electrons. The number of allylic oxidation sites excluding steroid dienone is 8. The predicted molar refractivity (Wildman–Crippen MR) is 175 cm³/mol. The van der Waals surface area contributed by atoms with E-state index in [1.165, 1.54) is 37.2 Å². The van der Waals surface area contributed by atoms with Crippen LogP contribution in [0.5, 0.6) is 0 Å². The zero-order valence-electron chi connectivity index (χ0n) is 28.3. The molecular weight excluding hydrogens is 590 g/mol. The Bertz CT molecular complexity index is 1220. The van der Waals surface area contributed by atoms with Crippen molar-refractivity contribution < 1.29 is 31.1 Å². The summed E-state index contributed by atoms with van der Waals surface area (Å²) in [6, 6.07) is 1.44. The molecule has 1 atom stereocenters. The molecule has 1 aromatic carbocycles. The molecule has 1 aromatic rings. The topological polar surface area (TPSA) is 32.7 Å². The number of alkyl halides is 6. The number of halogens is 6. The quantitative estimate of drug-likeness (QED) is 0.161. The first-order valence-corrected chi connectivity index (χ1v) is 15.4. The van der Waals surface area contributed by atoms with E-state index < -0.39 is 29.4 Å². The van der Waals surface area contributed by atoms with Crippen LogP contribution in [0.1, 0.15) is 112 Å². The molecule has 1 aliphatic rings. The van der Waals surface area contributed by atoms with Crippen molar-refractivity contribution in [3.63, 3.8) is 0 Å². The average Bonchev–Trinajstić information content (AvgIpc) is 3.13. The molecule has 1 unspecified atom stereocenters. The number of Topliss-reactive ketones (excluding diaryl/α,β-unsaturated/α-hetero) is 1. The highest BCUT2D eigenvalue weighted by Crippen LogP contribution is 2.37. The lowest BCUT2D eigenvalue weighted by atomic mass is 9.93. The Hall–Kier alpha value is -3.36. The second-order valence-corrected chi connectivity index (χ2v) is 11.5. The smallest absolute Gasteiger partial charge is 0.294 e. The Morgan fingerprint density at radius 1 is 0.978 bits per heavy atom. The van der Waals surface area contributed by atoms with Crippen LogP contribution >= 0.6 is 0 Å². The van der Waals surface area contributed by atoms with Crippen molar-refractivity contribution in [3.05, 3.63) is 94.4 Å². The summed E-state index contributed by atoms with van der Waals surface area (Å²) in [7, 11) is 0. The lowest BCUT2D eigenvalue weighted by Gasteiger charge is -2.19. The van der Waals surface area contributed by atoms with Crippen LogP contribution in [0.3, 0.4) is 0 Å². The first kappa shape index (κ1) is 41.6. The summed E-state index contributed by atoms with van der Waals surface area (Å²) in [6.07, 6.45) is 5.61. The number of nitrogens with zero attached hydrogens (tertiary/aromatic N) is 2. The van der Waals surface area contributed by atoms with E-state index in [1.54, 1.807) is 31.2 Å². The third-order valence-corrected chi connectivity index (χ3v) is 6.20. The van der Waals surface area contributed by atoms with E-state index in [2.05, 4.69) is 39.7 Å². The third kappa shape index (κ3) is 16.0. The number of ketones is 1. The van der Waals surface area contributed by atoms with Crippen LogP contribution in [0.25, 0.3) is 0 Å². The van der Waals surface area contributed by atoms with Gasteiger partial charge in [0, 0.05) is 23.9 Å². The lowest BCUT2D eigenvalue weighted by Crippen LogP contribution is -2.19. The Balaban J connectivity index is 0.00000215. The van der Waals surface area contributed by atoms with Gasteiger partial charge in [0.25, 0.3) is 0 Å². The zero-order valence-corrected chi connectivity index (χ0v) is 28.3. The maximum absolute atomic E-state index is 13.4. The molecule has 3 nitrogen and oxygen atoms in total. The van der Waals surface area contributed by atoms with Gasteiger partial charge in [-0.15, -0.1) is 0 Å². The maximum atomic E-state index is 13.4. The number of hydrazone groups is 1. The molecule has 0 bridgehead atoms. The number of unbranched alkanes of at least 4 members (excludes halogenated alkanes) is 1. The Kier molecular flexibility index (Phi) is 18.4. The van der Waals surface area contributed by atoms with E-state index in [0.29, 0.717) is 24.1 Å². The molecule has 0 saturated heterocycles.